The summed E-state index contributed by atoms with van der Waals surface area (Å²) in [5.74, 6) is 0.00938. The molecule has 1 aromatic rings. The summed E-state index contributed by atoms with van der Waals surface area (Å²) in [5.41, 5.74) is 0.866. The van der Waals surface area contributed by atoms with Crippen LogP contribution in [0.2, 0.25) is 0 Å². The van der Waals surface area contributed by atoms with Crippen molar-refractivity contribution in [3.05, 3.63) is 23.8 Å². The molecule has 0 heterocycles. The lowest BCUT2D eigenvalue weighted by molar-refractivity contribution is -0.138. The van der Waals surface area contributed by atoms with Crippen LogP contribution in [-0.4, -0.2) is 30.7 Å². The Kier molecular flexibility index (Phi) is 7.08. The van der Waals surface area contributed by atoms with Gasteiger partial charge in [-0.05, 0) is 24.1 Å². The van der Waals surface area contributed by atoms with Crippen molar-refractivity contribution in [1.82, 2.24) is 5.32 Å². The highest BCUT2D eigenvalue weighted by molar-refractivity contribution is 5.80. The van der Waals surface area contributed by atoms with E-state index in [1.54, 1.807) is 13.2 Å². The Labute approximate surface area is 124 Å². The highest BCUT2D eigenvalue weighted by atomic mass is 16.5. The largest absolute Gasteiger partial charge is 0.493 e. The van der Waals surface area contributed by atoms with Crippen molar-refractivity contribution in [3.8, 4) is 11.5 Å². The summed E-state index contributed by atoms with van der Waals surface area (Å²) >= 11 is 0. The van der Waals surface area contributed by atoms with Gasteiger partial charge in [-0.25, -0.2) is 0 Å². The minimum absolute atomic E-state index is 0.0231. The van der Waals surface area contributed by atoms with Gasteiger partial charge in [-0.1, -0.05) is 13.0 Å². The standard InChI is InChI=1S/C15H21NO5/c1-3-8-21-13-9-11(4-5-12(13)20-2)10-16-14(17)6-7-15(18)19/h4-5,9H,3,6-8,10H2,1-2H3,(H,16,17)(H,18,19). The molecule has 0 unspecified atom stereocenters. The SMILES string of the molecule is CCCOc1cc(CNC(=O)CCC(=O)O)ccc1OC. The zero-order chi connectivity index (χ0) is 15.7. The molecule has 21 heavy (non-hydrogen) atoms. The summed E-state index contributed by atoms with van der Waals surface area (Å²) in [4.78, 5) is 21.9. The number of carbonyl (C=O) groups excluding carboxylic acids is 1. The summed E-state index contributed by atoms with van der Waals surface area (Å²) in [5, 5.41) is 11.2. The average Bonchev–Trinajstić information content (AvgIpc) is 2.48. The van der Waals surface area contributed by atoms with E-state index >= 15 is 0 Å². The number of carboxylic acid groups (broad SMARTS) is 1. The van der Waals surface area contributed by atoms with E-state index in [2.05, 4.69) is 5.32 Å². The number of hydrogen-bond donors (Lipinski definition) is 2. The number of benzene rings is 1. The van der Waals surface area contributed by atoms with E-state index < -0.39 is 5.97 Å². The Hall–Kier alpha value is -2.24. The maximum absolute atomic E-state index is 11.5. The molecule has 0 atom stereocenters. The fraction of sp³-hybridized carbons (Fsp3) is 0.467. The van der Waals surface area contributed by atoms with Gasteiger partial charge in [0.25, 0.3) is 0 Å². The van der Waals surface area contributed by atoms with E-state index in [4.69, 9.17) is 14.6 Å². The van der Waals surface area contributed by atoms with Crippen LogP contribution >= 0.6 is 0 Å². The van der Waals surface area contributed by atoms with Crippen LogP contribution in [0.4, 0.5) is 0 Å². The maximum atomic E-state index is 11.5. The zero-order valence-electron chi connectivity index (χ0n) is 12.3. The monoisotopic (exact) mass is 295 g/mol. The molecule has 0 aliphatic heterocycles. The van der Waals surface area contributed by atoms with E-state index in [0.717, 1.165) is 12.0 Å². The molecule has 0 bridgehead atoms. The first-order chi connectivity index (χ1) is 10.1. The van der Waals surface area contributed by atoms with Crippen LogP contribution in [0.3, 0.4) is 0 Å². The van der Waals surface area contributed by atoms with Gasteiger partial charge >= 0.3 is 5.97 Å². The predicted molar refractivity (Wildman–Crippen MR) is 77.5 cm³/mol. The molecule has 0 aliphatic carbocycles. The molecular formula is C15H21NO5. The van der Waals surface area contributed by atoms with Crippen molar-refractivity contribution in [2.45, 2.75) is 32.7 Å². The Morgan fingerprint density at radius 1 is 1.24 bits per heavy atom. The molecule has 0 aromatic heterocycles. The molecule has 6 nitrogen and oxygen atoms in total. The first-order valence-corrected chi connectivity index (χ1v) is 6.85. The Bertz CT molecular complexity index is 487. The summed E-state index contributed by atoms with van der Waals surface area (Å²) in [6.07, 6.45) is 0.698. The Morgan fingerprint density at radius 2 is 2.00 bits per heavy atom. The highest BCUT2D eigenvalue weighted by Crippen LogP contribution is 2.28. The average molecular weight is 295 g/mol. The van der Waals surface area contributed by atoms with Gasteiger partial charge in [0.15, 0.2) is 11.5 Å². The fourth-order valence-electron chi connectivity index (χ4n) is 1.67. The van der Waals surface area contributed by atoms with Crippen molar-refractivity contribution in [2.24, 2.45) is 0 Å². The van der Waals surface area contributed by atoms with E-state index in [-0.39, 0.29) is 18.7 Å². The second-order valence-corrected chi connectivity index (χ2v) is 4.50. The van der Waals surface area contributed by atoms with E-state index in [9.17, 15) is 9.59 Å². The second-order valence-electron chi connectivity index (χ2n) is 4.50. The summed E-state index contributed by atoms with van der Waals surface area (Å²) in [6, 6.07) is 5.42. The molecule has 0 fully saturated rings. The van der Waals surface area contributed by atoms with Crippen LogP contribution in [0, 0.1) is 0 Å². The number of nitrogens with one attached hydrogen (secondary N) is 1. The third kappa shape index (κ3) is 6.16. The summed E-state index contributed by atoms with van der Waals surface area (Å²) in [7, 11) is 1.57. The summed E-state index contributed by atoms with van der Waals surface area (Å²) < 4.78 is 10.8. The van der Waals surface area contributed by atoms with Crippen LogP contribution in [0.1, 0.15) is 31.7 Å². The molecule has 0 spiro atoms. The molecule has 1 aromatic carbocycles. The van der Waals surface area contributed by atoms with Crippen LogP contribution in [0.15, 0.2) is 18.2 Å². The topological polar surface area (TPSA) is 84.9 Å². The fourth-order valence-corrected chi connectivity index (χ4v) is 1.67. The molecule has 6 heteroatoms. The normalized spacial score (nSPS) is 10.0. The van der Waals surface area contributed by atoms with Gasteiger partial charge in [-0.3, -0.25) is 9.59 Å². The van der Waals surface area contributed by atoms with E-state index in [0.29, 0.717) is 24.7 Å². The van der Waals surface area contributed by atoms with E-state index in [1.807, 2.05) is 19.1 Å². The van der Waals surface area contributed by atoms with Gasteiger partial charge in [0.1, 0.15) is 0 Å². The van der Waals surface area contributed by atoms with Crippen LogP contribution in [0.5, 0.6) is 11.5 Å². The molecule has 0 saturated heterocycles. The Balaban J connectivity index is 2.58. The van der Waals surface area contributed by atoms with Crippen molar-refractivity contribution in [1.29, 1.82) is 0 Å². The first-order valence-electron chi connectivity index (χ1n) is 6.85. The Morgan fingerprint density at radius 3 is 2.62 bits per heavy atom. The summed E-state index contributed by atoms with van der Waals surface area (Å²) in [6.45, 7) is 2.93. The number of rotatable bonds is 9. The molecule has 0 saturated carbocycles. The number of carbonyl (C=O) groups is 2. The van der Waals surface area contributed by atoms with E-state index in [1.165, 1.54) is 0 Å². The van der Waals surface area contributed by atoms with Crippen molar-refractivity contribution in [2.75, 3.05) is 13.7 Å². The number of methoxy groups -OCH3 is 1. The minimum atomic E-state index is -0.982. The third-order valence-corrected chi connectivity index (χ3v) is 2.75. The van der Waals surface area contributed by atoms with Crippen LogP contribution < -0.4 is 14.8 Å². The van der Waals surface area contributed by atoms with Gasteiger partial charge in [0.05, 0.1) is 20.1 Å². The second kappa shape index (κ2) is 8.84. The number of carboxylic acids is 1. The van der Waals surface area contributed by atoms with Crippen LogP contribution in [-0.2, 0) is 16.1 Å². The van der Waals surface area contributed by atoms with Crippen LogP contribution in [0.25, 0.3) is 0 Å². The molecule has 1 rings (SSSR count). The smallest absolute Gasteiger partial charge is 0.303 e. The van der Waals surface area contributed by atoms with Gasteiger partial charge in [-0.15, -0.1) is 0 Å². The molecule has 1 amide bonds. The predicted octanol–water partition coefficient (Wildman–Crippen LogP) is 1.96. The van der Waals surface area contributed by atoms with Gasteiger partial charge in [0.2, 0.25) is 5.91 Å². The molecule has 0 aliphatic rings. The lowest BCUT2D eigenvalue weighted by Crippen LogP contribution is -2.23. The lowest BCUT2D eigenvalue weighted by atomic mass is 10.2. The maximum Gasteiger partial charge on any atom is 0.303 e. The number of amides is 1. The molecule has 116 valence electrons. The number of ether oxygens (including phenoxy) is 2. The minimum Gasteiger partial charge on any atom is -0.493 e. The van der Waals surface area contributed by atoms with Gasteiger partial charge in [-0.2, -0.15) is 0 Å². The van der Waals surface area contributed by atoms with Crippen molar-refractivity contribution >= 4 is 11.9 Å². The molecular weight excluding hydrogens is 274 g/mol. The van der Waals surface area contributed by atoms with Crippen molar-refractivity contribution in [3.63, 3.8) is 0 Å². The highest BCUT2D eigenvalue weighted by Gasteiger charge is 2.08. The quantitative estimate of drug-likeness (QED) is 0.727. The number of hydrogen-bond acceptors (Lipinski definition) is 4. The number of aliphatic carboxylic acids is 1. The zero-order valence-corrected chi connectivity index (χ0v) is 12.3. The lowest BCUT2D eigenvalue weighted by Gasteiger charge is -2.12. The molecule has 2 N–H and O–H groups in total. The molecule has 0 radical (unpaired) electrons. The van der Waals surface area contributed by atoms with Gasteiger partial charge in [0, 0.05) is 13.0 Å². The third-order valence-electron chi connectivity index (χ3n) is 2.75. The van der Waals surface area contributed by atoms with Gasteiger partial charge < -0.3 is 19.9 Å². The van der Waals surface area contributed by atoms with Crippen molar-refractivity contribution < 1.29 is 24.2 Å². The first kappa shape index (κ1) is 16.8.